The molecule has 0 fully saturated rings. The zero-order chi connectivity index (χ0) is 21.6. The summed E-state index contributed by atoms with van der Waals surface area (Å²) in [6.45, 7) is 2.46. The lowest BCUT2D eigenvalue weighted by Crippen LogP contribution is -2.42. The topological polar surface area (TPSA) is 69.6 Å². The monoisotopic (exact) mass is 404 g/mol. The minimum atomic E-state index is -1.06. The van der Waals surface area contributed by atoms with Crippen LogP contribution in [0.3, 0.4) is 0 Å². The van der Waals surface area contributed by atoms with E-state index in [9.17, 15) is 9.59 Å². The summed E-state index contributed by atoms with van der Waals surface area (Å²) in [6, 6.07) is 0.0390. The number of unbranched alkanes of at least 4 members (excludes halogenated alkanes) is 3. The second kappa shape index (κ2) is 20.6. The third kappa shape index (κ3) is 17.7. The molecule has 0 aliphatic rings. The molecular formula is C24H40N2O3. The van der Waals surface area contributed by atoms with Gasteiger partial charge in [-0.15, -0.1) is 0 Å². The first-order valence-corrected chi connectivity index (χ1v) is 10.8. The summed E-state index contributed by atoms with van der Waals surface area (Å²) in [5, 5.41) is 12.2. The smallest absolute Gasteiger partial charge is 0.407 e. The van der Waals surface area contributed by atoms with E-state index < -0.39 is 6.09 Å². The van der Waals surface area contributed by atoms with Gasteiger partial charge in [0, 0.05) is 12.6 Å². The molecule has 164 valence electrons. The van der Waals surface area contributed by atoms with E-state index in [0.29, 0.717) is 12.8 Å². The maximum atomic E-state index is 11.1. The molecule has 0 aromatic rings. The number of likely N-dealkylation sites (N-methyl/N-ethyl adjacent to an activating group) is 1. The summed E-state index contributed by atoms with van der Waals surface area (Å²) in [4.78, 5) is 22.8. The first-order chi connectivity index (χ1) is 14.2. The largest absolute Gasteiger partial charge is 0.465 e. The van der Waals surface area contributed by atoms with Gasteiger partial charge in [0.2, 0.25) is 0 Å². The van der Waals surface area contributed by atoms with Gasteiger partial charge in [-0.25, -0.2) is 4.79 Å². The average Bonchev–Trinajstić information content (AvgIpc) is 2.71. The quantitative estimate of drug-likeness (QED) is 0.180. The number of aldehydes is 1. The lowest BCUT2D eigenvalue weighted by Gasteiger charge is -2.23. The van der Waals surface area contributed by atoms with Crippen molar-refractivity contribution in [1.29, 1.82) is 0 Å². The lowest BCUT2D eigenvalue weighted by molar-refractivity contribution is -0.108. The highest BCUT2D eigenvalue weighted by atomic mass is 16.4. The van der Waals surface area contributed by atoms with Crippen LogP contribution < -0.4 is 5.32 Å². The molecule has 0 radical (unpaired) electrons. The number of amides is 1. The Kier molecular flexibility index (Phi) is 19.1. The molecule has 1 amide bonds. The summed E-state index contributed by atoms with van der Waals surface area (Å²) in [5.41, 5.74) is 0. The molecule has 5 heteroatoms. The number of carboxylic acid groups (broad SMARTS) is 1. The molecule has 5 nitrogen and oxygen atoms in total. The van der Waals surface area contributed by atoms with Gasteiger partial charge in [-0.05, 0) is 52.0 Å². The molecule has 29 heavy (non-hydrogen) atoms. The number of hydrogen-bond acceptors (Lipinski definition) is 3. The van der Waals surface area contributed by atoms with Gasteiger partial charge in [0.1, 0.15) is 6.29 Å². The average molecular weight is 405 g/mol. The third-order valence-electron chi connectivity index (χ3n) is 4.55. The molecule has 0 aromatic heterocycles. The van der Waals surface area contributed by atoms with E-state index in [2.05, 4.69) is 60.8 Å². The second-order valence-corrected chi connectivity index (χ2v) is 7.01. The minimum absolute atomic E-state index is 0.0390. The predicted molar refractivity (Wildman–Crippen MR) is 122 cm³/mol. The molecule has 0 saturated carbocycles. The Morgan fingerprint density at radius 2 is 1.48 bits per heavy atom. The van der Waals surface area contributed by atoms with Crippen molar-refractivity contribution >= 4 is 12.4 Å². The maximum Gasteiger partial charge on any atom is 0.407 e. The van der Waals surface area contributed by atoms with E-state index in [1.165, 1.54) is 25.7 Å². The van der Waals surface area contributed by atoms with Crippen molar-refractivity contribution in [3.05, 3.63) is 48.6 Å². The van der Waals surface area contributed by atoms with Crippen LogP contribution in [0, 0.1) is 0 Å². The second-order valence-electron chi connectivity index (χ2n) is 7.01. The maximum absolute atomic E-state index is 11.1. The van der Waals surface area contributed by atoms with Crippen molar-refractivity contribution in [2.24, 2.45) is 0 Å². The first-order valence-electron chi connectivity index (χ1n) is 10.8. The van der Waals surface area contributed by atoms with E-state index in [-0.39, 0.29) is 12.6 Å². The van der Waals surface area contributed by atoms with Gasteiger partial charge >= 0.3 is 6.09 Å². The van der Waals surface area contributed by atoms with Crippen LogP contribution in [-0.4, -0.2) is 48.6 Å². The molecule has 2 N–H and O–H groups in total. The normalized spacial score (nSPS) is 13.2. The van der Waals surface area contributed by atoms with Crippen molar-refractivity contribution in [2.75, 3.05) is 20.1 Å². The Morgan fingerprint density at radius 1 is 0.931 bits per heavy atom. The predicted octanol–water partition coefficient (Wildman–Crippen LogP) is 5.51. The van der Waals surface area contributed by atoms with Crippen molar-refractivity contribution in [1.82, 2.24) is 10.2 Å². The zero-order valence-corrected chi connectivity index (χ0v) is 18.3. The van der Waals surface area contributed by atoms with E-state index in [0.717, 1.165) is 37.0 Å². The Balaban J connectivity index is 3.84. The number of nitrogens with one attached hydrogen (secondary N) is 1. The molecule has 1 atom stereocenters. The van der Waals surface area contributed by atoms with Crippen LogP contribution in [0.5, 0.6) is 0 Å². The molecular weight excluding hydrogens is 364 g/mol. The molecule has 0 heterocycles. The fourth-order valence-corrected chi connectivity index (χ4v) is 2.77. The highest BCUT2D eigenvalue weighted by Gasteiger charge is 2.16. The molecule has 1 unspecified atom stereocenters. The Hall–Kier alpha value is -2.14. The third-order valence-corrected chi connectivity index (χ3v) is 4.55. The van der Waals surface area contributed by atoms with Gasteiger partial charge in [-0.2, -0.15) is 0 Å². The van der Waals surface area contributed by atoms with Crippen LogP contribution in [0.2, 0.25) is 0 Å². The van der Waals surface area contributed by atoms with Crippen LogP contribution >= 0.6 is 0 Å². The Morgan fingerprint density at radius 3 is 1.97 bits per heavy atom. The summed E-state index contributed by atoms with van der Waals surface area (Å²) in [6.07, 6.45) is 26.7. The van der Waals surface area contributed by atoms with Gasteiger partial charge in [-0.3, -0.25) is 4.90 Å². The molecule has 0 aliphatic heterocycles. The number of allylic oxidation sites excluding steroid dienone is 8. The summed E-state index contributed by atoms with van der Waals surface area (Å²) in [7, 11) is 1.81. The minimum Gasteiger partial charge on any atom is -0.465 e. The van der Waals surface area contributed by atoms with E-state index in [1.807, 2.05) is 7.05 Å². The first kappa shape index (κ1) is 26.9. The summed E-state index contributed by atoms with van der Waals surface area (Å²) < 4.78 is 0. The lowest BCUT2D eigenvalue weighted by atomic mass is 10.1. The standard InChI is InChI=1S/C24H40N2O3/c1-3-4-5-6-7-8-9-10-11-12-13-14-15-16-17-18-19-23(25-2)22-26(20-21-27)24(28)29/h7-8,10-11,13-14,16-17,21,23,25H,3-6,9,12,15,18-20,22H2,1-2H3,(H,28,29)/b8-7-,11-10-,14-13-,17-16-. The molecule has 0 aliphatic carbocycles. The number of nitrogens with zero attached hydrogens (tertiary/aromatic N) is 1. The summed E-state index contributed by atoms with van der Waals surface area (Å²) >= 11 is 0. The molecule has 0 rings (SSSR count). The molecule has 0 aromatic carbocycles. The highest BCUT2D eigenvalue weighted by Crippen LogP contribution is 2.03. The van der Waals surface area contributed by atoms with Gasteiger partial charge in [0.05, 0.1) is 6.54 Å². The fraction of sp³-hybridized carbons (Fsp3) is 0.583. The van der Waals surface area contributed by atoms with Crippen LogP contribution in [0.4, 0.5) is 4.79 Å². The van der Waals surface area contributed by atoms with Crippen molar-refractivity contribution in [3.63, 3.8) is 0 Å². The van der Waals surface area contributed by atoms with Crippen molar-refractivity contribution in [2.45, 2.75) is 70.8 Å². The number of hydrogen-bond donors (Lipinski definition) is 2. The number of carbonyl (C=O) groups is 2. The van der Waals surface area contributed by atoms with Crippen molar-refractivity contribution < 1.29 is 14.7 Å². The summed E-state index contributed by atoms with van der Waals surface area (Å²) in [5.74, 6) is 0. The Labute approximate surface area is 177 Å². The van der Waals surface area contributed by atoms with Crippen LogP contribution in [0.15, 0.2) is 48.6 Å². The van der Waals surface area contributed by atoms with Crippen LogP contribution in [-0.2, 0) is 4.79 Å². The zero-order valence-electron chi connectivity index (χ0n) is 18.3. The van der Waals surface area contributed by atoms with E-state index in [1.54, 1.807) is 0 Å². The number of carbonyl (C=O) groups excluding carboxylic acids is 1. The van der Waals surface area contributed by atoms with Crippen LogP contribution in [0.1, 0.15) is 64.7 Å². The van der Waals surface area contributed by atoms with Gasteiger partial charge < -0.3 is 15.2 Å². The SMILES string of the molecule is CCCCC/C=C\C/C=C\C/C=C\C/C=C\CCC(CN(CC=O)C(=O)O)NC. The van der Waals surface area contributed by atoms with E-state index in [4.69, 9.17) is 5.11 Å². The van der Waals surface area contributed by atoms with Crippen molar-refractivity contribution in [3.8, 4) is 0 Å². The van der Waals surface area contributed by atoms with Gasteiger partial charge in [-0.1, -0.05) is 68.4 Å². The molecule has 0 saturated heterocycles. The van der Waals surface area contributed by atoms with Gasteiger partial charge in [0.15, 0.2) is 0 Å². The Bertz CT molecular complexity index is 524. The fourth-order valence-electron chi connectivity index (χ4n) is 2.77. The van der Waals surface area contributed by atoms with Crippen LogP contribution in [0.25, 0.3) is 0 Å². The molecule has 0 spiro atoms. The highest BCUT2D eigenvalue weighted by molar-refractivity contribution is 5.69. The number of rotatable bonds is 18. The molecule has 0 bridgehead atoms. The van der Waals surface area contributed by atoms with E-state index >= 15 is 0 Å². The van der Waals surface area contributed by atoms with Gasteiger partial charge in [0.25, 0.3) is 0 Å².